The maximum Gasteiger partial charge on any atom is 0.0802 e. The standard InChI is InChI=1S/C9H16BrNO/c1-8(10)6-11-7-9(12-2)4-3-5-9/h11H,1,3-7H2,2H3. The second-order valence-corrected chi connectivity index (χ2v) is 4.48. The number of halogens is 1. The van der Waals surface area contributed by atoms with E-state index in [0.29, 0.717) is 0 Å². The van der Waals surface area contributed by atoms with Crippen LogP contribution in [0.3, 0.4) is 0 Å². The van der Waals surface area contributed by atoms with E-state index in [4.69, 9.17) is 4.74 Å². The fourth-order valence-electron chi connectivity index (χ4n) is 1.45. The van der Waals surface area contributed by atoms with Gasteiger partial charge in [0.15, 0.2) is 0 Å². The third kappa shape index (κ3) is 2.57. The van der Waals surface area contributed by atoms with Crippen LogP contribution in [0.4, 0.5) is 0 Å². The first-order chi connectivity index (χ1) is 5.68. The molecular weight excluding hydrogens is 218 g/mol. The van der Waals surface area contributed by atoms with Gasteiger partial charge in [0.25, 0.3) is 0 Å². The molecule has 3 heteroatoms. The molecule has 1 fully saturated rings. The molecule has 1 aliphatic rings. The molecule has 1 rings (SSSR count). The van der Waals surface area contributed by atoms with Crippen LogP contribution in [0.5, 0.6) is 0 Å². The lowest BCUT2D eigenvalue weighted by Crippen LogP contribution is -2.48. The Labute approximate surface area is 82.5 Å². The monoisotopic (exact) mass is 233 g/mol. The molecule has 0 spiro atoms. The van der Waals surface area contributed by atoms with Crippen LogP contribution in [-0.4, -0.2) is 25.8 Å². The summed E-state index contributed by atoms with van der Waals surface area (Å²) in [6.07, 6.45) is 3.67. The number of methoxy groups -OCH3 is 1. The highest BCUT2D eigenvalue weighted by Crippen LogP contribution is 2.34. The Balaban J connectivity index is 2.16. The van der Waals surface area contributed by atoms with Crippen molar-refractivity contribution < 1.29 is 4.74 Å². The molecular formula is C9H16BrNO. The minimum Gasteiger partial charge on any atom is -0.377 e. The Morgan fingerprint density at radius 3 is 2.67 bits per heavy atom. The summed E-state index contributed by atoms with van der Waals surface area (Å²) in [5.74, 6) is 0. The number of hydrogen-bond donors (Lipinski definition) is 1. The molecule has 0 aliphatic heterocycles. The second kappa shape index (κ2) is 4.40. The van der Waals surface area contributed by atoms with Crippen molar-refractivity contribution in [3.63, 3.8) is 0 Å². The van der Waals surface area contributed by atoms with Crippen LogP contribution >= 0.6 is 15.9 Å². The van der Waals surface area contributed by atoms with Gasteiger partial charge in [-0.05, 0) is 19.3 Å². The maximum atomic E-state index is 5.45. The van der Waals surface area contributed by atoms with Crippen molar-refractivity contribution in [2.24, 2.45) is 0 Å². The first-order valence-corrected chi connectivity index (χ1v) is 5.07. The van der Waals surface area contributed by atoms with Crippen LogP contribution < -0.4 is 5.32 Å². The van der Waals surface area contributed by atoms with Crippen LogP contribution in [0.25, 0.3) is 0 Å². The molecule has 0 bridgehead atoms. The third-order valence-corrected chi connectivity index (χ3v) is 2.74. The zero-order valence-corrected chi connectivity index (χ0v) is 9.11. The zero-order valence-electron chi connectivity index (χ0n) is 7.53. The SMILES string of the molecule is C=C(Br)CNCC1(OC)CCC1. The molecule has 0 amide bonds. The van der Waals surface area contributed by atoms with Gasteiger partial charge in [0.2, 0.25) is 0 Å². The molecule has 0 aromatic rings. The van der Waals surface area contributed by atoms with E-state index in [-0.39, 0.29) is 5.60 Å². The van der Waals surface area contributed by atoms with Crippen LogP contribution in [0.2, 0.25) is 0 Å². The summed E-state index contributed by atoms with van der Waals surface area (Å²) in [5, 5.41) is 3.31. The van der Waals surface area contributed by atoms with Crippen LogP contribution in [0.1, 0.15) is 19.3 Å². The van der Waals surface area contributed by atoms with Crippen molar-refractivity contribution in [1.82, 2.24) is 5.32 Å². The topological polar surface area (TPSA) is 21.3 Å². The van der Waals surface area contributed by atoms with Crippen molar-refractivity contribution in [2.75, 3.05) is 20.2 Å². The first kappa shape index (κ1) is 10.2. The van der Waals surface area contributed by atoms with Gasteiger partial charge in [-0.2, -0.15) is 0 Å². The van der Waals surface area contributed by atoms with Crippen molar-refractivity contribution in [3.8, 4) is 0 Å². The van der Waals surface area contributed by atoms with Crippen molar-refractivity contribution in [3.05, 3.63) is 11.1 Å². The lowest BCUT2D eigenvalue weighted by atomic mass is 9.80. The van der Waals surface area contributed by atoms with Gasteiger partial charge in [0.05, 0.1) is 5.60 Å². The predicted molar refractivity (Wildman–Crippen MR) is 54.5 cm³/mol. The summed E-state index contributed by atoms with van der Waals surface area (Å²) >= 11 is 3.31. The van der Waals surface area contributed by atoms with Gasteiger partial charge < -0.3 is 10.1 Å². The molecule has 1 N–H and O–H groups in total. The lowest BCUT2D eigenvalue weighted by molar-refractivity contribution is -0.0687. The first-order valence-electron chi connectivity index (χ1n) is 4.28. The van der Waals surface area contributed by atoms with E-state index in [1.54, 1.807) is 7.11 Å². The molecule has 0 aromatic carbocycles. The summed E-state index contributed by atoms with van der Waals surface area (Å²) in [6, 6.07) is 0. The molecule has 1 saturated carbocycles. The van der Waals surface area contributed by atoms with Gasteiger partial charge in [-0.1, -0.05) is 22.5 Å². The fraction of sp³-hybridized carbons (Fsp3) is 0.778. The molecule has 0 heterocycles. The molecule has 0 unspecified atom stereocenters. The third-order valence-electron chi connectivity index (χ3n) is 2.46. The molecule has 0 aromatic heterocycles. The second-order valence-electron chi connectivity index (χ2n) is 3.36. The zero-order chi connectivity index (χ0) is 9.03. The maximum absolute atomic E-state index is 5.45. The highest BCUT2D eigenvalue weighted by molar-refractivity contribution is 9.11. The Bertz CT molecular complexity index is 160. The fourth-order valence-corrected chi connectivity index (χ4v) is 1.65. The summed E-state index contributed by atoms with van der Waals surface area (Å²) in [5.41, 5.74) is 0.127. The van der Waals surface area contributed by atoms with E-state index < -0.39 is 0 Å². The van der Waals surface area contributed by atoms with Crippen molar-refractivity contribution in [1.29, 1.82) is 0 Å². The van der Waals surface area contributed by atoms with Crippen molar-refractivity contribution in [2.45, 2.75) is 24.9 Å². The van der Waals surface area contributed by atoms with E-state index in [0.717, 1.165) is 17.6 Å². The number of nitrogens with one attached hydrogen (secondary N) is 1. The van der Waals surface area contributed by atoms with Gasteiger partial charge in [0, 0.05) is 24.7 Å². The van der Waals surface area contributed by atoms with E-state index >= 15 is 0 Å². The average Bonchev–Trinajstić information content (AvgIpc) is 1.94. The van der Waals surface area contributed by atoms with Crippen LogP contribution in [-0.2, 0) is 4.74 Å². The molecule has 70 valence electrons. The van der Waals surface area contributed by atoms with Gasteiger partial charge in [-0.15, -0.1) is 0 Å². The van der Waals surface area contributed by atoms with Crippen molar-refractivity contribution >= 4 is 15.9 Å². The van der Waals surface area contributed by atoms with E-state index in [2.05, 4.69) is 27.8 Å². The number of hydrogen-bond acceptors (Lipinski definition) is 2. The van der Waals surface area contributed by atoms with Crippen LogP contribution in [0.15, 0.2) is 11.1 Å². The van der Waals surface area contributed by atoms with Gasteiger partial charge in [-0.3, -0.25) is 0 Å². The Hall–Kier alpha value is 0.140. The number of rotatable bonds is 5. The molecule has 0 radical (unpaired) electrons. The normalized spacial score (nSPS) is 20.2. The molecule has 1 aliphatic carbocycles. The smallest absolute Gasteiger partial charge is 0.0802 e. The largest absolute Gasteiger partial charge is 0.377 e. The van der Waals surface area contributed by atoms with Gasteiger partial charge in [0.1, 0.15) is 0 Å². The van der Waals surface area contributed by atoms with E-state index in [9.17, 15) is 0 Å². The van der Waals surface area contributed by atoms with Gasteiger partial charge >= 0.3 is 0 Å². The minimum absolute atomic E-state index is 0.127. The molecule has 0 atom stereocenters. The van der Waals surface area contributed by atoms with Gasteiger partial charge in [-0.25, -0.2) is 0 Å². The molecule has 0 saturated heterocycles. The van der Waals surface area contributed by atoms with Crippen LogP contribution in [0, 0.1) is 0 Å². The summed E-state index contributed by atoms with van der Waals surface area (Å²) in [7, 11) is 1.80. The Morgan fingerprint density at radius 1 is 1.67 bits per heavy atom. The highest BCUT2D eigenvalue weighted by Gasteiger charge is 2.36. The Kier molecular flexibility index (Phi) is 3.75. The van der Waals surface area contributed by atoms with E-state index in [1.165, 1.54) is 19.3 Å². The summed E-state index contributed by atoms with van der Waals surface area (Å²) in [6.45, 7) is 5.52. The predicted octanol–water partition coefficient (Wildman–Crippen LogP) is 2.05. The summed E-state index contributed by atoms with van der Waals surface area (Å²) < 4.78 is 6.44. The molecule has 12 heavy (non-hydrogen) atoms. The Morgan fingerprint density at radius 2 is 2.33 bits per heavy atom. The average molecular weight is 234 g/mol. The quantitative estimate of drug-likeness (QED) is 0.786. The molecule has 2 nitrogen and oxygen atoms in total. The summed E-state index contributed by atoms with van der Waals surface area (Å²) in [4.78, 5) is 0. The highest BCUT2D eigenvalue weighted by atomic mass is 79.9. The lowest BCUT2D eigenvalue weighted by Gasteiger charge is -2.40. The number of ether oxygens (including phenoxy) is 1. The van der Waals surface area contributed by atoms with E-state index in [1.807, 2.05) is 0 Å². The minimum atomic E-state index is 0.127.